The maximum absolute atomic E-state index is 13.0. The van der Waals surface area contributed by atoms with Crippen LogP contribution >= 0.6 is 0 Å². The fourth-order valence-electron chi connectivity index (χ4n) is 3.00. The number of nitrogens with one attached hydrogen (secondary N) is 3. The number of hydrogen-bond acceptors (Lipinski definition) is 5. The fraction of sp³-hybridized carbons (Fsp3) is 0.158. The van der Waals surface area contributed by atoms with E-state index in [1.807, 2.05) is 0 Å². The van der Waals surface area contributed by atoms with E-state index in [2.05, 4.69) is 16.0 Å². The van der Waals surface area contributed by atoms with Gasteiger partial charge in [0.25, 0.3) is 11.6 Å². The molecule has 0 radical (unpaired) electrons. The molecule has 3 N–H and O–H groups in total. The number of amides is 3. The van der Waals surface area contributed by atoms with Crippen LogP contribution in [-0.2, 0) is 4.79 Å². The number of carbonyl (C=O) groups is 2. The molecule has 3 rings (SSSR count). The van der Waals surface area contributed by atoms with E-state index < -0.39 is 22.9 Å². The Morgan fingerprint density at radius 3 is 2.50 bits per heavy atom. The molecule has 0 bridgehead atoms. The summed E-state index contributed by atoms with van der Waals surface area (Å²) in [6.45, 7) is 1.63. The van der Waals surface area contributed by atoms with Gasteiger partial charge in [-0.15, -0.1) is 0 Å². The monoisotopic (exact) mass is 382 g/mol. The van der Waals surface area contributed by atoms with Crippen molar-refractivity contribution < 1.29 is 19.2 Å². The number of non-ortho nitro benzene ring substituents is 1. The molecular weight excluding hydrogens is 364 g/mol. The molecule has 0 unspecified atom stereocenters. The second-order valence-corrected chi connectivity index (χ2v) is 6.07. The van der Waals surface area contributed by atoms with Gasteiger partial charge in [0.1, 0.15) is 5.75 Å². The molecule has 0 spiro atoms. The predicted molar refractivity (Wildman–Crippen MR) is 102 cm³/mol. The molecule has 0 aromatic heterocycles. The minimum Gasteiger partial charge on any atom is -0.496 e. The van der Waals surface area contributed by atoms with E-state index in [-0.39, 0.29) is 5.69 Å². The van der Waals surface area contributed by atoms with Crippen LogP contribution in [0.5, 0.6) is 5.75 Å². The van der Waals surface area contributed by atoms with Crippen LogP contribution in [0.4, 0.5) is 16.2 Å². The van der Waals surface area contributed by atoms with E-state index in [1.165, 1.54) is 31.4 Å². The van der Waals surface area contributed by atoms with Crippen molar-refractivity contribution in [3.8, 4) is 5.75 Å². The van der Waals surface area contributed by atoms with Crippen molar-refractivity contribution in [3.63, 3.8) is 0 Å². The lowest BCUT2D eigenvalue weighted by molar-refractivity contribution is -0.384. The van der Waals surface area contributed by atoms with Crippen molar-refractivity contribution in [2.45, 2.75) is 13.0 Å². The first-order valence-corrected chi connectivity index (χ1v) is 8.37. The van der Waals surface area contributed by atoms with Crippen LogP contribution in [0.3, 0.4) is 0 Å². The lowest BCUT2D eigenvalue weighted by Gasteiger charge is -2.29. The SMILES string of the molecule is COc1ccccc1[C@H]1NC(=O)NC(C)=C1C(=O)Nc1ccc([N+](=O)[O-])cc1. The number of nitro groups is 1. The van der Waals surface area contributed by atoms with Crippen molar-refractivity contribution in [3.05, 3.63) is 75.5 Å². The summed E-state index contributed by atoms with van der Waals surface area (Å²) in [6, 6.07) is 11.4. The normalized spacial score (nSPS) is 16.1. The van der Waals surface area contributed by atoms with E-state index in [0.29, 0.717) is 28.3 Å². The number of para-hydroxylation sites is 1. The van der Waals surface area contributed by atoms with Gasteiger partial charge in [-0.3, -0.25) is 14.9 Å². The number of carbonyl (C=O) groups excluding carboxylic acids is 2. The summed E-state index contributed by atoms with van der Waals surface area (Å²) in [5.41, 5.74) is 1.66. The van der Waals surface area contributed by atoms with Crippen molar-refractivity contribution in [2.24, 2.45) is 0 Å². The zero-order chi connectivity index (χ0) is 20.3. The second-order valence-electron chi connectivity index (χ2n) is 6.07. The van der Waals surface area contributed by atoms with Crippen LogP contribution in [0.25, 0.3) is 0 Å². The van der Waals surface area contributed by atoms with Crippen molar-refractivity contribution in [1.82, 2.24) is 10.6 Å². The average Bonchev–Trinajstić information content (AvgIpc) is 2.67. The highest BCUT2D eigenvalue weighted by atomic mass is 16.6. The van der Waals surface area contributed by atoms with Crippen LogP contribution < -0.4 is 20.7 Å². The van der Waals surface area contributed by atoms with E-state index in [0.717, 1.165) is 0 Å². The van der Waals surface area contributed by atoms with E-state index in [4.69, 9.17) is 4.74 Å². The molecule has 9 heteroatoms. The molecule has 0 saturated carbocycles. The number of ether oxygens (including phenoxy) is 1. The number of nitro benzene ring substituents is 1. The molecule has 1 heterocycles. The molecule has 0 fully saturated rings. The summed E-state index contributed by atoms with van der Waals surface area (Å²) in [5, 5.41) is 18.8. The molecule has 2 aromatic rings. The van der Waals surface area contributed by atoms with Crippen LogP contribution in [0.2, 0.25) is 0 Å². The Labute approximate surface area is 160 Å². The van der Waals surface area contributed by atoms with Gasteiger partial charge in [0.15, 0.2) is 0 Å². The fourth-order valence-corrected chi connectivity index (χ4v) is 3.00. The lowest BCUT2D eigenvalue weighted by atomic mass is 9.94. The van der Waals surface area contributed by atoms with Crippen LogP contribution in [0.1, 0.15) is 18.5 Å². The van der Waals surface area contributed by atoms with Gasteiger partial charge in [0.05, 0.1) is 23.6 Å². The molecule has 144 valence electrons. The third-order valence-corrected chi connectivity index (χ3v) is 4.30. The van der Waals surface area contributed by atoms with Gasteiger partial charge in [-0.05, 0) is 25.1 Å². The summed E-state index contributed by atoms with van der Waals surface area (Å²) >= 11 is 0. The molecular formula is C19H18N4O5. The first-order valence-electron chi connectivity index (χ1n) is 8.37. The molecule has 0 saturated heterocycles. The molecule has 0 aliphatic carbocycles. The van der Waals surface area contributed by atoms with E-state index >= 15 is 0 Å². The lowest BCUT2D eigenvalue weighted by Crippen LogP contribution is -2.46. The summed E-state index contributed by atoms with van der Waals surface area (Å²) in [5.74, 6) is 0.0814. The first-order chi connectivity index (χ1) is 13.4. The summed E-state index contributed by atoms with van der Waals surface area (Å²) < 4.78 is 5.36. The van der Waals surface area contributed by atoms with Crippen molar-refractivity contribution in [2.75, 3.05) is 12.4 Å². The van der Waals surface area contributed by atoms with Gasteiger partial charge >= 0.3 is 6.03 Å². The molecule has 1 aliphatic heterocycles. The highest BCUT2D eigenvalue weighted by Crippen LogP contribution is 2.33. The molecule has 28 heavy (non-hydrogen) atoms. The predicted octanol–water partition coefficient (Wildman–Crippen LogP) is 2.87. The molecule has 1 aliphatic rings. The Kier molecular flexibility index (Phi) is 5.25. The minimum absolute atomic E-state index is 0.0770. The average molecular weight is 382 g/mol. The van der Waals surface area contributed by atoms with Crippen LogP contribution in [0, 0.1) is 10.1 Å². The topological polar surface area (TPSA) is 123 Å². The highest BCUT2D eigenvalue weighted by Gasteiger charge is 2.32. The number of allylic oxidation sites excluding steroid dienone is 1. The Morgan fingerprint density at radius 1 is 1.18 bits per heavy atom. The van der Waals surface area contributed by atoms with Gasteiger partial charge in [0, 0.05) is 29.1 Å². The maximum atomic E-state index is 13.0. The third-order valence-electron chi connectivity index (χ3n) is 4.30. The van der Waals surface area contributed by atoms with Gasteiger partial charge in [-0.25, -0.2) is 4.79 Å². The van der Waals surface area contributed by atoms with Crippen molar-refractivity contribution >= 4 is 23.3 Å². The summed E-state index contributed by atoms with van der Waals surface area (Å²) in [6.07, 6.45) is 0. The molecule has 2 aromatic carbocycles. The van der Waals surface area contributed by atoms with Crippen LogP contribution in [-0.4, -0.2) is 24.0 Å². The number of benzene rings is 2. The van der Waals surface area contributed by atoms with Gasteiger partial charge < -0.3 is 20.7 Å². The standard InChI is InChI=1S/C19H18N4O5/c1-11-16(18(24)21-12-7-9-13(10-8-12)23(26)27)17(22-19(25)20-11)14-5-3-4-6-15(14)28-2/h3-10,17H,1-2H3,(H,21,24)(H2,20,22,25)/t17-/m1/s1. The first kappa shape index (κ1) is 18.9. The summed E-state index contributed by atoms with van der Waals surface area (Å²) in [4.78, 5) is 35.2. The Bertz CT molecular complexity index is 969. The van der Waals surface area contributed by atoms with E-state index in [9.17, 15) is 19.7 Å². The number of nitrogens with zero attached hydrogens (tertiary/aromatic N) is 1. The number of hydrogen-bond donors (Lipinski definition) is 3. The van der Waals surface area contributed by atoms with Crippen molar-refractivity contribution in [1.29, 1.82) is 0 Å². The quantitative estimate of drug-likeness (QED) is 0.542. The third kappa shape index (κ3) is 3.78. The number of rotatable bonds is 5. The Balaban J connectivity index is 1.93. The molecule has 3 amide bonds. The number of urea groups is 1. The van der Waals surface area contributed by atoms with E-state index in [1.54, 1.807) is 31.2 Å². The van der Waals surface area contributed by atoms with Gasteiger partial charge in [-0.1, -0.05) is 18.2 Å². The minimum atomic E-state index is -0.719. The van der Waals surface area contributed by atoms with Gasteiger partial charge in [-0.2, -0.15) is 0 Å². The molecule has 9 nitrogen and oxygen atoms in total. The highest BCUT2D eigenvalue weighted by molar-refractivity contribution is 6.06. The Morgan fingerprint density at radius 2 is 1.86 bits per heavy atom. The largest absolute Gasteiger partial charge is 0.496 e. The smallest absolute Gasteiger partial charge is 0.319 e. The van der Waals surface area contributed by atoms with Gasteiger partial charge in [0.2, 0.25) is 0 Å². The summed E-state index contributed by atoms with van der Waals surface area (Å²) in [7, 11) is 1.51. The second kappa shape index (κ2) is 7.78. The maximum Gasteiger partial charge on any atom is 0.319 e. The number of methoxy groups -OCH3 is 1. The zero-order valence-electron chi connectivity index (χ0n) is 15.2. The zero-order valence-corrected chi connectivity index (χ0v) is 15.2. The molecule has 1 atom stereocenters. The Hall–Kier alpha value is -3.88. The van der Waals surface area contributed by atoms with Crippen LogP contribution in [0.15, 0.2) is 59.8 Å². The number of anilines is 1.